The molecular weight excluding hydrogens is 220 g/mol. The molecule has 3 N–H and O–H groups in total. The standard InChI is InChI=1S/C11H14N4S/c1-7-4-8-9(13-6-14-10(8)16-7)15-11(5-12)2-3-11/h4,6H,2-3,5,12H2,1H3,(H,13,14,15). The Kier molecular flexibility index (Phi) is 2.12. The molecule has 84 valence electrons. The fourth-order valence-electron chi connectivity index (χ4n) is 1.86. The first-order valence-electron chi connectivity index (χ1n) is 5.42. The number of nitrogens with two attached hydrogens (primary N) is 1. The van der Waals surface area contributed by atoms with Gasteiger partial charge in [-0.1, -0.05) is 0 Å². The summed E-state index contributed by atoms with van der Waals surface area (Å²) < 4.78 is 0. The molecule has 2 aromatic rings. The van der Waals surface area contributed by atoms with Gasteiger partial charge in [0.05, 0.1) is 10.9 Å². The first-order valence-corrected chi connectivity index (χ1v) is 6.23. The van der Waals surface area contributed by atoms with Crippen LogP contribution in [-0.4, -0.2) is 22.1 Å². The largest absolute Gasteiger partial charge is 0.363 e. The van der Waals surface area contributed by atoms with Gasteiger partial charge in [-0.25, -0.2) is 9.97 Å². The average molecular weight is 234 g/mol. The molecule has 3 rings (SSSR count). The number of fused-ring (bicyclic) bond motifs is 1. The third-order valence-corrected chi connectivity index (χ3v) is 4.04. The van der Waals surface area contributed by atoms with E-state index in [0.29, 0.717) is 6.54 Å². The second-order valence-electron chi connectivity index (χ2n) is 4.41. The van der Waals surface area contributed by atoms with Gasteiger partial charge in [-0.3, -0.25) is 0 Å². The number of anilines is 1. The van der Waals surface area contributed by atoms with Crippen LogP contribution in [0.4, 0.5) is 5.82 Å². The van der Waals surface area contributed by atoms with E-state index in [9.17, 15) is 0 Å². The maximum Gasteiger partial charge on any atom is 0.138 e. The molecule has 1 aliphatic rings. The summed E-state index contributed by atoms with van der Waals surface area (Å²) in [6, 6.07) is 2.13. The van der Waals surface area contributed by atoms with Crippen LogP contribution >= 0.6 is 11.3 Å². The molecule has 16 heavy (non-hydrogen) atoms. The average Bonchev–Trinajstić information content (AvgIpc) is 2.93. The number of aryl methyl sites for hydroxylation is 1. The number of nitrogens with zero attached hydrogens (tertiary/aromatic N) is 2. The van der Waals surface area contributed by atoms with E-state index in [4.69, 9.17) is 5.73 Å². The van der Waals surface area contributed by atoms with Crippen molar-refractivity contribution < 1.29 is 0 Å². The quantitative estimate of drug-likeness (QED) is 0.851. The fourth-order valence-corrected chi connectivity index (χ4v) is 2.71. The van der Waals surface area contributed by atoms with Crippen molar-refractivity contribution in [3.63, 3.8) is 0 Å². The van der Waals surface area contributed by atoms with Crippen molar-refractivity contribution in [3.05, 3.63) is 17.3 Å². The van der Waals surface area contributed by atoms with E-state index in [1.807, 2.05) is 0 Å². The summed E-state index contributed by atoms with van der Waals surface area (Å²) in [5.74, 6) is 0.928. The molecule has 1 fully saturated rings. The first kappa shape index (κ1) is 9.99. The highest BCUT2D eigenvalue weighted by Gasteiger charge is 2.41. The molecule has 5 heteroatoms. The molecule has 0 aliphatic heterocycles. The van der Waals surface area contributed by atoms with Gasteiger partial charge in [-0.2, -0.15) is 0 Å². The van der Waals surface area contributed by atoms with Crippen LogP contribution in [0, 0.1) is 6.92 Å². The van der Waals surface area contributed by atoms with Crippen molar-refractivity contribution in [1.29, 1.82) is 0 Å². The summed E-state index contributed by atoms with van der Waals surface area (Å²) >= 11 is 1.70. The van der Waals surface area contributed by atoms with Gasteiger partial charge in [-0.05, 0) is 25.8 Å². The lowest BCUT2D eigenvalue weighted by Crippen LogP contribution is -2.31. The van der Waals surface area contributed by atoms with Crippen molar-refractivity contribution in [2.75, 3.05) is 11.9 Å². The van der Waals surface area contributed by atoms with Crippen molar-refractivity contribution >= 4 is 27.4 Å². The van der Waals surface area contributed by atoms with Gasteiger partial charge in [-0.15, -0.1) is 11.3 Å². The van der Waals surface area contributed by atoms with Crippen molar-refractivity contribution in [2.24, 2.45) is 5.73 Å². The highest BCUT2D eigenvalue weighted by atomic mass is 32.1. The summed E-state index contributed by atoms with van der Waals surface area (Å²) in [5, 5.41) is 4.58. The minimum atomic E-state index is 0.0944. The molecule has 0 aromatic carbocycles. The summed E-state index contributed by atoms with van der Waals surface area (Å²) in [6.45, 7) is 2.76. The third-order valence-electron chi connectivity index (χ3n) is 3.08. The Bertz CT molecular complexity index is 530. The Labute approximate surface area is 97.9 Å². The van der Waals surface area contributed by atoms with Crippen LogP contribution in [0.3, 0.4) is 0 Å². The van der Waals surface area contributed by atoms with Gasteiger partial charge in [0.2, 0.25) is 0 Å². The maximum absolute atomic E-state index is 5.76. The number of hydrogen-bond donors (Lipinski definition) is 2. The zero-order valence-corrected chi connectivity index (χ0v) is 9.97. The highest BCUT2D eigenvalue weighted by Crippen LogP contribution is 2.39. The molecular formula is C11H14N4S. The Morgan fingerprint density at radius 3 is 3.00 bits per heavy atom. The van der Waals surface area contributed by atoms with E-state index < -0.39 is 0 Å². The van der Waals surface area contributed by atoms with E-state index >= 15 is 0 Å². The van der Waals surface area contributed by atoms with Gasteiger partial charge < -0.3 is 11.1 Å². The normalized spacial score (nSPS) is 17.6. The SMILES string of the molecule is Cc1cc2c(NC3(CN)CC3)ncnc2s1. The van der Waals surface area contributed by atoms with Gasteiger partial charge in [0.15, 0.2) is 0 Å². The number of hydrogen-bond acceptors (Lipinski definition) is 5. The van der Waals surface area contributed by atoms with Crippen LogP contribution in [0.2, 0.25) is 0 Å². The van der Waals surface area contributed by atoms with Crippen molar-refractivity contribution in [1.82, 2.24) is 9.97 Å². The first-order chi connectivity index (χ1) is 7.72. The Balaban J connectivity index is 2.02. The maximum atomic E-state index is 5.76. The Morgan fingerprint density at radius 2 is 2.31 bits per heavy atom. The molecule has 2 heterocycles. The predicted octanol–water partition coefficient (Wildman–Crippen LogP) is 1.90. The number of nitrogens with one attached hydrogen (secondary N) is 1. The number of thiophene rings is 1. The second-order valence-corrected chi connectivity index (χ2v) is 5.64. The molecule has 0 radical (unpaired) electrons. The molecule has 0 bridgehead atoms. The van der Waals surface area contributed by atoms with Crippen LogP contribution in [0.1, 0.15) is 17.7 Å². The van der Waals surface area contributed by atoms with Gasteiger partial charge >= 0.3 is 0 Å². The lowest BCUT2D eigenvalue weighted by atomic mass is 10.2. The number of rotatable bonds is 3. The van der Waals surface area contributed by atoms with Gasteiger partial charge in [0.1, 0.15) is 17.0 Å². The zero-order valence-electron chi connectivity index (χ0n) is 9.16. The highest BCUT2D eigenvalue weighted by molar-refractivity contribution is 7.18. The Morgan fingerprint density at radius 1 is 1.50 bits per heavy atom. The van der Waals surface area contributed by atoms with E-state index in [2.05, 4.69) is 28.3 Å². The number of aromatic nitrogens is 2. The van der Waals surface area contributed by atoms with E-state index in [1.165, 1.54) is 4.88 Å². The van der Waals surface area contributed by atoms with Crippen LogP contribution in [-0.2, 0) is 0 Å². The summed E-state index contributed by atoms with van der Waals surface area (Å²) in [4.78, 5) is 10.9. The zero-order chi connectivity index (χ0) is 11.2. The fraction of sp³-hybridized carbons (Fsp3) is 0.455. The third kappa shape index (κ3) is 1.56. The second kappa shape index (κ2) is 3.40. The molecule has 0 saturated heterocycles. The Hall–Kier alpha value is -1.20. The monoisotopic (exact) mass is 234 g/mol. The van der Waals surface area contributed by atoms with Crippen LogP contribution < -0.4 is 11.1 Å². The lowest BCUT2D eigenvalue weighted by molar-refractivity contribution is 0.738. The van der Waals surface area contributed by atoms with Gasteiger partial charge in [0, 0.05) is 11.4 Å². The molecule has 0 amide bonds. The minimum Gasteiger partial charge on any atom is -0.363 e. The smallest absolute Gasteiger partial charge is 0.138 e. The molecule has 0 unspecified atom stereocenters. The minimum absolute atomic E-state index is 0.0944. The summed E-state index contributed by atoms with van der Waals surface area (Å²) in [7, 11) is 0. The molecule has 0 spiro atoms. The van der Waals surface area contributed by atoms with Crippen LogP contribution in [0.5, 0.6) is 0 Å². The van der Waals surface area contributed by atoms with Gasteiger partial charge in [0.25, 0.3) is 0 Å². The molecule has 0 atom stereocenters. The van der Waals surface area contributed by atoms with E-state index in [0.717, 1.165) is 28.9 Å². The topological polar surface area (TPSA) is 63.8 Å². The summed E-state index contributed by atoms with van der Waals surface area (Å²) in [6.07, 6.45) is 3.89. The van der Waals surface area contributed by atoms with Crippen molar-refractivity contribution in [2.45, 2.75) is 25.3 Å². The predicted molar refractivity (Wildman–Crippen MR) is 66.8 cm³/mol. The lowest BCUT2D eigenvalue weighted by Gasteiger charge is -2.15. The molecule has 1 saturated carbocycles. The van der Waals surface area contributed by atoms with E-state index in [-0.39, 0.29) is 5.54 Å². The van der Waals surface area contributed by atoms with Crippen LogP contribution in [0.25, 0.3) is 10.2 Å². The summed E-state index contributed by atoms with van der Waals surface area (Å²) in [5.41, 5.74) is 5.86. The van der Waals surface area contributed by atoms with Crippen molar-refractivity contribution in [3.8, 4) is 0 Å². The molecule has 1 aliphatic carbocycles. The molecule has 4 nitrogen and oxygen atoms in total. The van der Waals surface area contributed by atoms with Crippen LogP contribution in [0.15, 0.2) is 12.4 Å². The van der Waals surface area contributed by atoms with E-state index in [1.54, 1.807) is 17.7 Å². The molecule has 2 aromatic heterocycles.